The molecule has 1 fully saturated rings. The Kier molecular flexibility index (Phi) is 3.75. The largest absolute Gasteiger partial charge is 0.398 e. The highest BCUT2D eigenvalue weighted by Crippen LogP contribution is 2.21. The lowest BCUT2D eigenvalue weighted by Gasteiger charge is -2.28. The molecule has 3 rings (SSSR count). The second-order valence-corrected chi connectivity index (χ2v) is 5.55. The maximum atomic E-state index is 12.3. The number of aliphatic hydroxyl groups is 1. The third-order valence-electron chi connectivity index (χ3n) is 4.03. The highest BCUT2D eigenvalue weighted by molar-refractivity contribution is 5.99. The number of carbonyl (C=O) groups is 1. The van der Waals surface area contributed by atoms with Crippen molar-refractivity contribution in [1.29, 1.82) is 0 Å². The molecule has 5 nitrogen and oxygen atoms in total. The molecule has 0 saturated heterocycles. The number of para-hydroxylation sites is 1. The molecule has 0 bridgehead atoms. The van der Waals surface area contributed by atoms with Gasteiger partial charge in [0.2, 0.25) is 0 Å². The molecule has 1 amide bonds. The van der Waals surface area contributed by atoms with Crippen LogP contribution in [0.4, 0.5) is 5.69 Å². The lowest BCUT2D eigenvalue weighted by atomic mass is 9.92. The van der Waals surface area contributed by atoms with E-state index in [2.05, 4.69) is 10.3 Å². The number of nitrogen functional groups attached to an aromatic ring is 1. The van der Waals surface area contributed by atoms with Crippen LogP contribution in [0.15, 0.2) is 30.3 Å². The summed E-state index contributed by atoms with van der Waals surface area (Å²) in [6.45, 7) is 0. The van der Waals surface area contributed by atoms with E-state index in [1.54, 1.807) is 6.07 Å². The van der Waals surface area contributed by atoms with Gasteiger partial charge >= 0.3 is 0 Å². The van der Waals surface area contributed by atoms with Gasteiger partial charge in [0.25, 0.3) is 5.91 Å². The first-order valence-corrected chi connectivity index (χ1v) is 7.29. The molecule has 0 radical (unpaired) electrons. The number of hydrogen-bond acceptors (Lipinski definition) is 4. The number of aliphatic hydroxyl groups excluding tert-OH is 1. The number of rotatable bonds is 2. The number of hydrogen-bond donors (Lipinski definition) is 3. The van der Waals surface area contributed by atoms with Crippen LogP contribution in [0.25, 0.3) is 10.9 Å². The van der Waals surface area contributed by atoms with Crippen LogP contribution in [-0.4, -0.2) is 28.1 Å². The molecule has 21 heavy (non-hydrogen) atoms. The Hall–Kier alpha value is -2.14. The van der Waals surface area contributed by atoms with Gasteiger partial charge < -0.3 is 16.2 Å². The highest BCUT2D eigenvalue weighted by atomic mass is 16.3. The summed E-state index contributed by atoms with van der Waals surface area (Å²) in [5.41, 5.74) is 7.52. The first-order chi connectivity index (χ1) is 10.1. The summed E-state index contributed by atoms with van der Waals surface area (Å²) in [5, 5.41) is 13.6. The number of amides is 1. The zero-order valence-electron chi connectivity index (χ0n) is 11.7. The number of benzene rings is 1. The van der Waals surface area contributed by atoms with Gasteiger partial charge in [0, 0.05) is 11.1 Å². The first-order valence-electron chi connectivity index (χ1n) is 7.29. The summed E-state index contributed by atoms with van der Waals surface area (Å²) >= 11 is 0. The Morgan fingerprint density at radius 1 is 1.29 bits per heavy atom. The smallest absolute Gasteiger partial charge is 0.270 e. The average molecular weight is 285 g/mol. The molecule has 1 aromatic heterocycles. The fourth-order valence-electron chi connectivity index (χ4n) is 2.84. The number of anilines is 1. The van der Waals surface area contributed by atoms with Gasteiger partial charge in [-0.25, -0.2) is 4.98 Å². The Balaban J connectivity index is 1.84. The van der Waals surface area contributed by atoms with Gasteiger partial charge in [-0.05, 0) is 25.0 Å². The molecule has 2 atom stereocenters. The predicted molar refractivity (Wildman–Crippen MR) is 81.9 cm³/mol. The van der Waals surface area contributed by atoms with Crippen LogP contribution in [0.3, 0.4) is 0 Å². The van der Waals surface area contributed by atoms with Crippen LogP contribution in [0, 0.1) is 0 Å². The van der Waals surface area contributed by atoms with Gasteiger partial charge in [0.15, 0.2) is 0 Å². The van der Waals surface area contributed by atoms with Gasteiger partial charge in [0.1, 0.15) is 5.69 Å². The SMILES string of the molecule is Nc1cc(C(=O)N[C@@H]2CCCC[C@H]2O)nc2ccccc12. The number of nitrogens with two attached hydrogens (primary N) is 1. The molecule has 5 heteroatoms. The third-order valence-corrected chi connectivity index (χ3v) is 4.03. The van der Waals surface area contributed by atoms with Crippen LogP contribution >= 0.6 is 0 Å². The molecule has 1 saturated carbocycles. The third kappa shape index (κ3) is 2.83. The molecular formula is C16H19N3O2. The predicted octanol–water partition coefficient (Wildman–Crippen LogP) is 1.85. The van der Waals surface area contributed by atoms with E-state index in [1.165, 1.54) is 0 Å². The van der Waals surface area contributed by atoms with Gasteiger partial charge in [0.05, 0.1) is 17.7 Å². The van der Waals surface area contributed by atoms with Gasteiger partial charge in [-0.1, -0.05) is 31.0 Å². The molecule has 110 valence electrons. The zero-order valence-corrected chi connectivity index (χ0v) is 11.7. The minimum Gasteiger partial charge on any atom is -0.398 e. The Bertz CT molecular complexity index is 672. The second kappa shape index (κ2) is 5.69. The van der Waals surface area contributed by atoms with Crippen molar-refractivity contribution in [3.8, 4) is 0 Å². The van der Waals surface area contributed by atoms with E-state index in [0.717, 1.165) is 31.1 Å². The van der Waals surface area contributed by atoms with Crippen molar-refractivity contribution in [2.24, 2.45) is 0 Å². The normalized spacial score (nSPS) is 22.1. The summed E-state index contributed by atoms with van der Waals surface area (Å²) in [7, 11) is 0. The Morgan fingerprint density at radius 3 is 2.86 bits per heavy atom. The molecule has 1 heterocycles. The van der Waals surface area contributed by atoms with Crippen LogP contribution in [0.1, 0.15) is 36.2 Å². The lowest BCUT2D eigenvalue weighted by Crippen LogP contribution is -2.45. The maximum Gasteiger partial charge on any atom is 0.270 e. The molecule has 0 aliphatic heterocycles. The molecular weight excluding hydrogens is 266 g/mol. The number of pyridine rings is 1. The minimum atomic E-state index is -0.472. The van der Waals surface area contributed by atoms with Crippen molar-refractivity contribution in [3.63, 3.8) is 0 Å². The van der Waals surface area contributed by atoms with Crippen molar-refractivity contribution >= 4 is 22.5 Å². The van der Waals surface area contributed by atoms with E-state index in [4.69, 9.17) is 5.73 Å². The highest BCUT2D eigenvalue weighted by Gasteiger charge is 2.25. The van der Waals surface area contributed by atoms with Crippen LogP contribution in [0.5, 0.6) is 0 Å². The number of fused-ring (bicyclic) bond motifs is 1. The Morgan fingerprint density at radius 2 is 2.05 bits per heavy atom. The molecule has 1 aromatic carbocycles. The zero-order chi connectivity index (χ0) is 14.8. The van der Waals surface area contributed by atoms with Crippen molar-refractivity contribution < 1.29 is 9.90 Å². The molecule has 0 unspecified atom stereocenters. The summed E-state index contributed by atoms with van der Waals surface area (Å²) < 4.78 is 0. The average Bonchev–Trinajstić information content (AvgIpc) is 2.49. The van der Waals surface area contributed by atoms with Crippen molar-refractivity contribution in [1.82, 2.24) is 10.3 Å². The summed E-state index contributed by atoms with van der Waals surface area (Å²) in [6, 6.07) is 8.86. The van der Waals surface area contributed by atoms with Crippen molar-refractivity contribution in [3.05, 3.63) is 36.0 Å². The first kappa shape index (κ1) is 13.8. The van der Waals surface area contributed by atoms with E-state index >= 15 is 0 Å². The maximum absolute atomic E-state index is 12.3. The summed E-state index contributed by atoms with van der Waals surface area (Å²) in [6.07, 6.45) is 3.10. The number of carbonyl (C=O) groups excluding carboxylic acids is 1. The van der Waals surface area contributed by atoms with E-state index in [1.807, 2.05) is 24.3 Å². The molecule has 2 aromatic rings. The van der Waals surface area contributed by atoms with E-state index in [9.17, 15) is 9.90 Å². The fourth-order valence-corrected chi connectivity index (χ4v) is 2.84. The summed E-state index contributed by atoms with van der Waals surface area (Å²) in [4.78, 5) is 16.7. The monoisotopic (exact) mass is 285 g/mol. The van der Waals surface area contributed by atoms with E-state index in [0.29, 0.717) is 16.9 Å². The standard InChI is InChI=1S/C16H19N3O2/c17-11-9-14(18-12-6-2-1-5-10(11)12)16(21)19-13-7-3-4-8-15(13)20/h1-2,5-6,9,13,15,20H,3-4,7-8H2,(H2,17,18)(H,19,21)/t13-,15-/m1/s1. The van der Waals surface area contributed by atoms with Crippen LogP contribution < -0.4 is 11.1 Å². The van der Waals surface area contributed by atoms with Crippen molar-refractivity contribution in [2.45, 2.75) is 37.8 Å². The van der Waals surface area contributed by atoms with E-state index in [-0.39, 0.29) is 11.9 Å². The molecule has 0 spiro atoms. The Labute approximate surface area is 123 Å². The molecule has 1 aliphatic carbocycles. The fraction of sp³-hybridized carbons (Fsp3) is 0.375. The minimum absolute atomic E-state index is 0.194. The number of nitrogens with zero attached hydrogens (tertiary/aromatic N) is 1. The molecule has 4 N–H and O–H groups in total. The number of nitrogens with one attached hydrogen (secondary N) is 1. The van der Waals surface area contributed by atoms with Crippen LogP contribution in [0.2, 0.25) is 0 Å². The quantitative estimate of drug-likeness (QED) is 0.785. The van der Waals surface area contributed by atoms with E-state index < -0.39 is 6.10 Å². The van der Waals surface area contributed by atoms with Crippen LogP contribution in [-0.2, 0) is 0 Å². The lowest BCUT2D eigenvalue weighted by molar-refractivity contribution is 0.0714. The second-order valence-electron chi connectivity index (χ2n) is 5.55. The summed E-state index contributed by atoms with van der Waals surface area (Å²) in [5.74, 6) is -0.279. The van der Waals surface area contributed by atoms with Gasteiger partial charge in [-0.15, -0.1) is 0 Å². The number of aromatic nitrogens is 1. The van der Waals surface area contributed by atoms with Gasteiger partial charge in [-0.3, -0.25) is 4.79 Å². The van der Waals surface area contributed by atoms with Gasteiger partial charge in [-0.2, -0.15) is 0 Å². The molecule has 1 aliphatic rings. The van der Waals surface area contributed by atoms with Crippen molar-refractivity contribution in [2.75, 3.05) is 5.73 Å². The topological polar surface area (TPSA) is 88.2 Å².